The summed E-state index contributed by atoms with van der Waals surface area (Å²) in [5.74, 6) is 0.119. The van der Waals surface area contributed by atoms with Crippen molar-refractivity contribution in [2.24, 2.45) is 0 Å². The number of aryl methyl sites for hydroxylation is 1. The first kappa shape index (κ1) is 14.2. The van der Waals surface area contributed by atoms with Gasteiger partial charge in [0.1, 0.15) is 11.3 Å². The second-order valence-corrected chi connectivity index (χ2v) is 6.49. The third kappa shape index (κ3) is 2.71. The zero-order chi connectivity index (χ0) is 15.0. The molecule has 0 radical (unpaired) electrons. The molecule has 2 aromatic carbocycles. The highest BCUT2D eigenvalue weighted by Gasteiger charge is 2.12. The van der Waals surface area contributed by atoms with Gasteiger partial charge in [0, 0.05) is 31.3 Å². The van der Waals surface area contributed by atoms with Crippen molar-refractivity contribution in [3.8, 4) is 5.75 Å². The number of hydrogen-bond donors (Lipinski definition) is 1. The van der Waals surface area contributed by atoms with E-state index in [0.717, 1.165) is 19.6 Å². The number of phenols is 1. The molecule has 0 unspecified atom stereocenters. The summed E-state index contributed by atoms with van der Waals surface area (Å²) in [4.78, 5) is 13.6. The quantitative estimate of drug-likeness (QED) is 0.670. The summed E-state index contributed by atoms with van der Waals surface area (Å²) in [6.45, 7) is 1.73. The van der Waals surface area contributed by atoms with E-state index in [9.17, 15) is 9.90 Å². The minimum atomic E-state index is -0.425. The Morgan fingerprint density at radius 1 is 1.14 bits per heavy atom. The second kappa shape index (κ2) is 5.58. The minimum absolute atomic E-state index is 0.119. The van der Waals surface area contributed by atoms with Gasteiger partial charge in [-0.3, -0.25) is 0 Å². The van der Waals surface area contributed by atoms with Crippen LogP contribution in [-0.2, 0) is 0 Å². The van der Waals surface area contributed by atoms with Crippen molar-refractivity contribution in [2.45, 2.75) is 16.7 Å². The summed E-state index contributed by atoms with van der Waals surface area (Å²) in [6, 6.07) is 12.7. The number of benzene rings is 2. The number of phenolic OH excluding ortho intramolecular Hbond substituents is 1. The van der Waals surface area contributed by atoms with Gasteiger partial charge in [0.25, 0.3) is 0 Å². The monoisotopic (exact) mass is 362 g/mol. The molecule has 1 N–H and O–H groups in total. The van der Waals surface area contributed by atoms with Gasteiger partial charge in [-0.1, -0.05) is 23.9 Å². The first-order valence-electron chi connectivity index (χ1n) is 6.25. The van der Waals surface area contributed by atoms with Crippen LogP contribution in [0.15, 0.2) is 65.9 Å². The fraction of sp³-hybridized carbons (Fsp3) is 0.0625. The SMILES string of the molecule is Cc1c(O)ccc2c(Sc3ccccc3Br)cc(=O)oc12. The molecule has 0 saturated heterocycles. The van der Waals surface area contributed by atoms with Crippen molar-refractivity contribution in [3.05, 3.63) is 62.9 Å². The number of fused-ring (bicyclic) bond motifs is 1. The normalized spacial score (nSPS) is 11.0. The third-order valence-electron chi connectivity index (χ3n) is 3.15. The summed E-state index contributed by atoms with van der Waals surface area (Å²) >= 11 is 4.98. The lowest BCUT2D eigenvalue weighted by molar-refractivity contribution is 0.468. The summed E-state index contributed by atoms with van der Waals surface area (Å²) in [5.41, 5.74) is 0.571. The third-order valence-corrected chi connectivity index (χ3v) is 5.24. The first-order valence-corrected chi connectivity index (χ1v) is 7.86. The van der Waals surface area contributed by atoms with E-state index in [1.54, 1.807) is 19.1 Å². The fourth-order valence-corrected chi connectivity index (χ4v) is 3.55. The molecule has 0 aliphatic heterocycles. The number of hydrogen-bond acceptors (Lipinski definition) is 4. The van der Waals surface area contributed by atoms with Gasteiger partial charge in [0.15, 0.2) is 0 Å². The highest BCUT2D eigenvalue weighted by molar-refractivity contribution is 9.10. The molecule has 106 valence electrons. The lowest BCUT2D eigenvalue weighted by atomic mass is 10.1. The molecule has 0 bridgehead atoms. The average Bonchev–Trinajstić information content (AvgIpc) is 2.46. The van der Waals surface area contributed by atoms with Gasteiger partial charge in [0.2, 0.25) is 0 Å². The lowest BCUT2D eigenvalue weighted by Gasteiger charge is -2.09. The van der Waals surface area contributed by atoms with Crippen LogP contribution in [-0.4, -0.2) is 5.11 Å². The van der Waals surface area contributed by atoms with Crippen molar-refractivity contribution in [2.75, 3.05) is 0 Å². The predicted molar refractivity (Wildman–Crippen MR) is 87.2 cm³/mol. The van der Waals surface area contributed by atoms with E-state index in [1.165, 1.54) is 17.8 Å². The number of aromatic hydroxyl groups is 1. The zero-order valence-corrected chi connectivity index (χ0v) is 13.5. The molecule has 5 heteroatoms. The van der Waals surface area contributed by atoms with Crippen LogP contribution in [0.1, 0.15) is 5.56 Å². The molecule has 0 aliphatic carbocycles. The summed E-state index contributed by atoms with van der Waals surface area (Å²) < 4.78 is 6.21. The minimum Gasteiger partial charge on any atom is -0.508 e. The van der Waals surface area contributed by atoms with Crippen LogP contribution in [0.2, 0.25) is 0 Å². The maximum Gasteiger partial charge on any atom is 0.337 e. The van der Waals surface area contributed by atoms with Crippen LogP contribution < -0.4 is 5.63 Å². The number of rotatable bonds is 2. The van der Waals surface area contributed by atoms with Crippen LogP contribution in [0.25, 0.3) is 11.0 Å². The molecule has 0 amide bonds. The van der Waals surface area contributed by atoms with Gasteiger partial charge in [-0.05, 0) is 47.1 Å². The van der Waals surface area contributed by atoms with Crippen LogP contribution >= 0.6 is 27.7 Å². The Hall–Kier alpha value is -1.72. The Kier molecular flexibility index (Phi) is 3.78. The number of halogens is 1. The standard InChI is InChI=1S/C16H11BrO3S/c1-9-12(18)7-6-10-14(8-15(19)20-16(9)10)21-13-5-3-2-4-11(13)17/h2-8,18H,1H3. The Morgan fingerprint density at radius 2 is 1.90 bits per heavy atom. The van der Waals surface area contributed by atoms with Gasteiger partial charge in [-0.2, -0.15) is 0 Å². The average molecular weight is 363 g/mol. The maximum atomic E-state index is 11.8. The van der Waals surface area contributed by atoms with E-state index in [2.05, 4.69) is 15.9 Å². The van der Waals surface area contributed by atoms with Gasteiger partial charge in [-0.25, -0.2) is 4.79 Å². The van der Waals surface area contributed by atoms with Gasteiger partial charge < -0.3 is 9.52 Å². The smallest absolute Gasteiger partial charge is 0.337 e. The Balaban J connectivity index is 2.21. The molecule has 1 aromatic heterocycles. The van der Waals surface area contributed by atoms with Gasteiger partial charge >= 0.3 is 5.63 Å². The van der Waals surface area contributed by atoms with E-state index in [-0.39, 0.29) is 5.75 Å². The molecule has 3 aromatic rings. The molecular weight excluding hydrogens is 352 g/mol. The van der Waals surface area contributed by atoms with Crippen molar-refractivity contribution >= 4 is 38.7 Å². The molecule has 21 heavy (non-hydrogen) atoms. The van der Waals surface area contributed by atoms with E-state index < -0.39 is 5.63 Å². The second-order valence-electron chi connectivity index (χ2n) is 4.55. The van der Waals surface area contributed by atoms with Crippen LogP contribution in [0, 0.1) is 6.92 Å². The molecule has 0 spiro atoms. The van der Waals surface area contributed by atoms with E-state index >= 15 is 0 Å². The van der Waals surface area contributed by atoms with Crippen molar-refractivity contribution in [1.29, 1.82) is 0 Å². The summed E-state index contributed by atoms with van der Waals surface area (Å²) in [7, 11) is 0. The van der Waals surface area contributed by atoms with Crippen molar-refractivity contribution in [1.82, 2.24) is 0 Å². The molecule has 1 heterocycles. The molecule has 0 fully saturated rings. The summed E-state index contributed by atoms with van der Waals surface area (Å²) in [5, 5.41) is 10.6. The topological polar surface area (TPSA) is 50.4 Å². The first-order chi connectivity index (χ1) is 10.1. The molecule has 3 nitrogen and oxygen atoms in total. The van der Waals surface area contributed by atoms with Crippen molar-refractivity contribution in [3.63, 3.8) is 0 Å². The molecule has 0 atom stereocenters. The predicted octanol–water partition coefficient (Wildman–Crippen LogP) is 4.72. The largest absolute Gasteiger partial charge is 0.508 e. The maximum absolute atomic E-state index is 11.8. The zero-order valence-electron chi connectivity index (χ0n) is 11.1. The molecular formula is C16H11BrO3S. The molecule has 0 saturated carbocycles. The van der Waals surface area contributed by atoms with Crippen LogP contribution in [0.5, 0.6) is 5.75 Å². The highest BCUT2D eigenvalue weighted by atomic mass is 79.9. The fourth-order valence-electron chi connectivity index (χ4n) is 2.05. The van der Waals surface area contributed by atoms with Gasteiger partial charge in [0.05, 0.1) is 0 Å². The highest BCUT2D eigenvalue weighted by Crippen LogP contribution is 2.38. The van der Waals surface area contributed by atoms with Crippen LogP contribution in [0.3, 0.4) is 0 Å². The lowest BCUT2D eigenvalue weighted by Crippen LogP contribution is -1.98. The van der Waals surface area contributed by atoms with Crippen LogP contribution in [0.4, 0.5) is 0 Å². The molecule has 3 rings (SSSR count). The Labute approximate surface area is 133 Å². The molecule has 0 aliphatic rings. The Bertz CT molecular complexity index is 886. The van der Waals surface area contributed by atoms with Gasteiger partial charge in [-0.15, -0.1) is 0 Å². The van der Waals surface area contributed by atoms with E-state index in [0.29, 0.717) is 11.1 Å². The van der Waals surface area contributed by atoms with E-state index in [4.69, 9.17) is 4.42 Å². The summed E-state index contributed by atoms with van der Waals surface area (Å²) in [6.07, 6.45) is 0. The van der Waals surface area contributed by atoms with Crippen molar-refractivity contribution < 1.29 is 9.52 Å². The Morgan fingerprint density at radius 3 is 2.67 bits per heavy atom. The van der Waals surface area contributed by atoms with E-state index in [1.807, 2.05) is 24.3 Å².